The van der Waals surface area contributed by atoms with Crippen molar-refractivity contribution in [3.05, 3.63) is 0 Å². The summed E-state index contributed by atoms with van der Waals surface area (Å²) in [6.45, 7) is 1.96. The average Bonchev–Trinajstić information content (AvgIpc) is 2.18. The zero-order valence-corrected chi connectivity index (χ0v) is 4.64. The minimum atomic E-state index is -0.750. The van der Waals surface area contributed by atoms with Crippen molar-refractivity contribution < 1.29 is 9.84 Å². The molecular formula is C5H10O2. The third kappa shape index (κ3) is 0.640. The van der Waals surface area contributed by atoms with Crippen LogP contribution in [0.25, 0.3) is 0 Å². The van der Waals surface area contributed by atoms with E-state index in [0.717, 1.165) is 6.42 Å². The molecule has 2 atom stereocenters. The van der Waals surface area contributed by atoms with E-state index in [1.165, 1.54) is 7.11 Å². The van der Waals surface area contributed by atoms with Gasteiger partial charge in [-0.05, 0) is 0 Å². The maximum atomic E-state index is 8.98. The molecule has 0 amide bonds. The van der Waals surface area contributed by atoms with E-state index in [1.807, 2.05) is 6.92 Å². The first-order valence-corrected chi connectivity index (χ1v) is 2.46. The van der Waals surface area contributed by atoms with Crippen molar-refractivity contribution >= 4 is 0 Å². The van der Waals surface area contributed by atoms with Crippen LogP contribution in [0.1, 0.15) is 13.3 Å². The SMILES string of the molecule is COC1(O)C[C@@H]1C. The number of methoxy groups -OCH3 is 1. The first-order valence-electron chi connectivity index (χ1n) is 2.46. The molecule has 1 fully saturated rings. The minimum absolute atomic E-state index is 0.345. The molecule has 2 nitrogen and oxygen atoms in total. The summed E-state index contributed by atoms with van der Waals surface area (Å²) >= 11 is 0. The van der Waals surface area contributed by atoms with Crippen LogP contribution in [0.4, 0.5) is 0 Å². The van der Waals surface area contributed by atoms with Crippen molar-refractivity contribution in [1.82, 2.24) is 0 Å². The molecule has 1 saturated carbocycles. The predicted octanol–water partition coefficient (Wildman–Crippen LogP) is 0.361. The lowest BCUT2D eigenvalue weighted by molar-refractivity contribution is -0.111. The molecule has 1 unspecified atom stereocenters. The fraction of sp³-hybridized carbons (Fsp3) is 1.00. The Kier molecular flexibility index (Phi) is 0.869. The van der Waals surface area contributed by atoms with Crippen LogP contribution < -0.4 is 0 Å². The van der Waals surface area contributed by atoms with Gasteiger partial charge in [0.2, 0.25) is 0 Å². The molecule has 0 spiro atoms. The Balaban J connectivity index is 2.36. The van der Waals surface area contributed by atoms with Gasteiger partial charge in [-0.1, -0.05) is 6.92 Å². The highest BCUT2D eigenvalue weighted by Crippen LogP contribution is 2.42. The van der Waals surface area contributed by atoms with E-state index in [2.05, 4.69) is 0 Å². The Bertz CT molecular complexity index is 78.1. The van der Waals surface area contributed by atoms with Gasteiger partial charge in [0.1, 0.15) is 0 Å². The van der Waals surface area contributed by atoms with E-state index in [-0.39, 0.29) is 0 Å². The Labute approximate surface area is 43.1 Å². The number of rotatable bonds is 1. The van der Waals surface area contributed by atoms with Gasteiger partial charge in [0, 0.05) is 19.4 Å². The molecule has 0 aromatic rings. The van der Waals surface area contributed by atoms with E-state index >= 15 is 0 Å². The lowest BCUT2D eigenvalue weighted by Gasteiger charge is -2.02. The first kappa shape index (κ1) is 5.06. The van der Waals surface area contributed by atoms with Gasteiger partial charge in [0.25, 0.3) is 0 Å². The van der Waals surface area contributed by atoms with Crippen LogP contribution in [0, 0.1) is 5.92 Å². The minimum Gasteiger partial charge on any atom is -0.365 e. The van der Waals surface area contributed by atoms with E-state index in [4.69, 9.17) is 9.84 Å². The molecule has 0 aromatic heterocycles. The maximum absolute atomic E-state index is 8.98. The second-order valence-electron chi connectivity index (χ2n) is 2.15. The second-order valence-corrected chi connectivity index (χ2v) is 2.15. The second kappa shape index (κ2) is 1.20. The van der Waals surface area contributed by atoms with Gasteiger partial charge < -0.3 is 9.84 Å². The lowest BCUT2D eigenvalue weighted by Crippen LogP contribution is -2.11. The van der Waals surface area contributed by atoms with Crippen LogP contribution >= 0.6 is 0 Å². The van der Waals surface area contributed by atoms with Crippen molar-refractivity contribution in [1.29, 1.82) is 0 Å². The molecule has 0 radical (unpaired) electrons. The van der Waals surface area contributed by atoms with E-state index < -0.39 is 5.79 Å². The predicted molar refractivity (Wildman–Crippen MR) is 25.7 cm³/mol. The third-order valence-electron chi connectivity index (χ3n) is 1.56. The molecule has 7 heavy (non-hydrogen) atoms. The summed E-state index contributed by atoms with van der Waals surface area (Å²) in [4.78, 5) is 0. The van der Waals surface area contributed by atoms with Crippen molar-refractivity contribution in [3.8, 4) is 0 Å². The van der Waals surface area contributed by atoms with Crippen LogP contribution in [0.3, 0.4) is 0 Å². The van der Waals surface area contributed by atoms with E-state index in [1.54, 1.807) is 0 Å². The smallest absolute Gasteiger partial charge is 0.168 e. The zero-order chi connectivity index (χ0) is 5.49. The number of ether oxygens (including phenoxy) is 1. The van der Waals surface area contributed by atoms with Gasteiger partial charge in [-0.2, -0.15) is 0 Å². The first-order chi connectivity index (χ1) is 3.19. The molecule has 1 rings (SSSR count). The summed E-state index contributed by atoms with van der Waals surface area (Å²) in [6, 6.07) is 0. The summed E-state index contributed by atoms with van der Waals surface area (Å²) in [6.07, 6.45) is 0.795. The molecular weight excluding hydrogens is 92.1 g/mol. The summed E-state index contributed by atoms with van der Waals surface area (Å²) < 4.78 is 4.72. The van der Waals surface area contributed by atoms with Crippen molar-refractivity contribution in [2.75, 3.05) is 7.11 Å². The largest absolute Gasteiger partial charge is 0.365 e. The van der Waals surface area contributed by atoms with Gasteiger partial charge in [-0.15, -0.1) is 0 Å². The van der Waals surface area contributed by atoms with Gasteiger partial charge in [0.15, 0.2) is 5.79 Å². The molecule has 1 N–H and O–H groups in total. The van der Waals surface area contributed by atoms with Crippen LogP contribution in [-0.4, -0.2) is 18.0 Å². The van der Waals surface area contributed by atoms with E-state index in [9.17, 15) is 0 Å². The fourth-order valence-corrected chi connectivity index (χ4v) is 0.664. The van der Waals surface area contributed by atoms with Gasteiger partial charge >= 0.3 is 0 Å². The van der Waals surface area contributed by atoms with Gasteiger partial charge in [0.05, 0.1) is 0 Å². The normalized spacial score (nSPS) is 49.3. The Hall–Kier alpha value is -0.0800. The maximum Gasteiger partial charge on any atom is 0.168 e. The molecule has 0 heterocycles. The summed E-state index contributed by atoms with van der Waals surface area (Å²) in [7, 11) is 1.53. The fourth-order valence-electron chi connectivity index (χ4n) is 0.664. The molecule has 0 aliphatic heterocycles. The molecule has 0 aromatic carbocycles. The molecule has 1 aliphatic carbocycles. The van der Waals surface area contributed by atoms with Crippen molar-refractivity contribution in [2.24, 2.45) is 5.92 Å². The highest BCUT2D eigenvalue weighted by Gasteiger charge is 2.50. The Morgan fingerprint density at radius 1 is 1.86 bits per heavy atom. The van der Waals surface area contributed by atoms with Crippen LogP contribution in [-0.2, 0) is 4.74 Å². The van der Waals surface area contributed by atoms with E-state index in [0.29, 0.717) is 5.92 Å². The van der Waals surface area contributed by atoms with Crippen LogP contribution in [0.5, 0.6) is 0 Å². The van der Waals surface area contributed by atoms with Gasteiger partial charge in [-0.3, -0.25) is 0 Å². The quantitative estimate of drug-likeness (QED) is 0.484. The van der Waals surface area contributed by atoms with Crippen molar-refractivity contribution in [3.63, 3.8) is 0 Å². The zero-order valence-electron chi connectivity index (χ0n) is 4.64. The summed E-state index contributed by atoms with van der Waals surface area (Å²) in [5, 5.41) is 8.98. The molecule has 2 heteroatoms. The van der Waals surface area contributed by atoms with Crippen LogP contribution in [0.2, 0.25) is 0 Å². The highest BCUT2D eigenvalue weighted by atomic mass is 16.6. The average molecular weight is 102 g/mol. The van der Waals surface area contributed by atoms with Gasteiger partial charge in [-0.25, -0.2) is 0 Å². The molecule has 0 saturated heterocycles. The number of aliphatic hydroxyl groups is 1. The Morgan fingerprint density at radius 3 is 2.29 bits per heavy atom. The third-order valence-corrected chi connectivity index (χ3v) is 1.56. The monoisotopic (exact) mass is 102 g/mol. The molecule has 42 valence electrons. The van der Waals surface area contributed by atoms with Crippen molar-refractivity contribution in [2.45, 2.75) is 19.1 Å². The lowest BCUT2D eigenvalue weighted by atomic mass is 10.5. The summed E-state index contributed by atoms with van der Waals surface area (Å²) in [5.74, 6) is -0.405. The number of hydrogen-bond donors (Lipinski definition) is 1. The highest BCUT2D eigenvalue weighted by molar-refractivity contribution is 4.91. The Morgan fingerprint density at radius 2 is 2.29 bits per heavy atom. The standard InChI is InChI=1S/C5H10O2/c1-4-3-5(4,6)7-2/h4,6H,3H2,1-2H3/t4-,5?/m0/s1. The molecule has 1 aliphatic rings. The van der Waals surface area contributed by atoms with Crippen LogP contribution in [0.15, 0.2) is 0 Å². The summed E-state index contributed by atoms with van der Waals surface area (Å²) in [5.41, 5.74) is 0. The molecule has 0 bridgehead atoms. The number of hydrogen-bond acceptors (Lipinski definition) is 2. The topological polar surface area (TPSA) is 29.5 Å².